The van der Waals surface area contributed by atoms with Gasteiger partial charge in [-0.25, -0.2) is 0 Å². The Morgan fingerprint density at radius 1 is 1.18 bits per heavy atom. The lowest BCUT2D eigenvalue weighted by Gasteiger charge is -2.09. The number of benzene rings is 2. The van der Waals surface area contributed by atoms with Crippen LogP contribution < -0.4 is 10.1 Å². The van der Waals surface area contributed by atoms with E-state index in [9.17, 15) is 4.79 Å². The third-order valence-corrected chi connectivity index (χ3v) is 3.51. The zero-order valence-corrected chi connectivity index (χ0v) is 13.4. The largest absolute Gasteiger partial charge is 0.489 e. The number of hydrogen-bond acceptors (Lipinski definition) is 2. The van der Waals surface area contributed by atoms with Crippen LogP contribution in [0.25, 0.3) is 0 Å². The van der Waals surface area contributed by atoms with Crippen LogP contribution in [0.3, 0.4) is 0 Å². The minimum atomic E-state index is -0.182. The Morgan fingerprint density at radius 3 is 2.64 bits per heavy atom. The number of rotatable bonds is 5. The summed E-state index contributed by atoms with van der Waals surface area (Å²) in [6.07, 6.45) is 3.15. The summed E-state index contributed by atoms with van der Waals surface area (Å²) in [5.41, 5.74) is 2.70. The number of carbonyl (C=O) groups is 1. The standard InChI is InChI=1S/C18H18ClNO2/c1-13-12-17(14(2)11-16(13)19)22-10-6-9-18(21)20-15-7-4-3-5-8-15/h3-9,11-12H,10H2,1-2H3,(H,20,21)/b9-6+. The maximum absolute atomic E-state index is 11.7. The first kappa shape index (κ1) is 16.1. The van der Waals surface area contributed by atoms with Crippen LogP contribution in [0.15, 0.2) is 54.6 Å². The molecule has 0 bridgehead atoms. The molecule has 0 saturated heterocycles. The van der Waals surface area contributed by atoms with Gasteiger partial charge in [0.2, 0.25) is 5.91 Å². The van der Waals surface area contributed by atoms with Gasteiger partial charge in [-0.2, -0.15) is 0 Å². The highest BCUT2D eigenvalue weighted by atomic mass is 35.5. The number of hydrogen-bond donors (Lipinski definition) is 1. The summed E-state index contributed by atoms with van der Waals surface area (Å²) in [7, 11) is 0. The minimum absolute atomic E-state index is 0.182. The summed E-state index contributed by atoms with van der Waals surface area (Å²) in [6.45, 7) is 4.19. The first-order chi connectivity index (χ1) is 10.6. The molecule has 114 valence electrons. The fourth-order valence-corrected chi connectivity index (χ4v) is 2.13. The van der Waals surface area contributed by atoms with Crippen LogP contribution in [0.1, 0.15) is 11.1 Å². The first-order valence-corrected chi connectivity index (χ1v) is 7.36. The Labute approximate surface area is 135 Å². The molecule has 0 heterocycles. The molecule has 0 aliphatic carbocycles. The molecule has 0 saturated carbocycles. The molecule has 1 N–H and O–H groups in total. The number of anilines is 1. The smallest absolute Gasteiger partial charge is 0.248 e. The molecular weight excluding hydrogens is 298 g/mol. The van der Waals surface area contributed by atoms with E-state index in [0.717, 1.165) is 27.6 Å². The lowest BCUT2D eigenvalue weighted by molar-refractivity contribution is -0.111. The molecule has 4 heteroatoms. The van der Waals surface area contributed by atoms with E-state index in [1.165, 1.54) is 6.08 Å². The molecule has 0 atom stereocenters. The maximum atomic E-state index is 11.7. The van der Waals surface area contributed by atoms with E-state index in [0.29, 0.717) is 6.61 Å². The molecule has 0 aromatic heterocycles. The Bertz CT molecular complexity index is 681. The molecule has 3 nitrogen and oxygen atoms in total. The van der Waals surface area contributed by atoms with E-state index < -0.39 is 0 Å². The number of amides is 1. The highest BCUT2D eigenvalue weighted by molar-refractivity contribution is 6.31. The van der Waals surface area contributed by atoms with Crippen molar-refractivity contribution in [2.24, 2.45) is 0 Å². The summed E-state index contributed by atoms with van der Waals surface area (Å²) in [6, 6.07) is 13.1. The summed E-state index contributed by atoms with van der Waals surface area (Å²) in [4.78, 5) is 11.7. The van der Waals surface area contributed by atoms with Crippen molar-refractivity contribution in [1.29, 1.82) is 0 Å². The normalized spacial score (nSPS) is 10.7. The number of halogens is 1. The van der Waals surface area contributed by atoms with Crippen molar-refractivity contribution < 1.29 is 9.53 Å². The predicted molar refractivity (Wildman–Crippen MR) is 90.6 cm³/mol. The minimum Gasteiger partial charge on any atom is -0.489 e. The zero-order valence-electron chi connectivity index (χ0n) is 12.6. The quantitative estimate of drug-likeness (QED) is 0.823. The number of para-hydroxylation sites is 1. The summed E-state index contributed by atoms with van der Waals surface area (Å²) < 4.78 is 5.65. The van der Waals surface area contributed by atoms with Crippen molar-refractivity contribution in [1.82, 2.24) is 0 Å². The van der Waals surface area contributed by atoms with Gasteiger partial charge in [0.05, 0.1) is 0 Å². The molecule has 0 unspecified atom stereocenters. The van der Waals surface area contributed by atoms with Gasteiger partial charge in [0.15, 0.2) is 0 Å². The van der Waals surface area contributed by atoms with Crippen molar-refractivity contribution in [3.05, 3.63) is 70.8 Å². The van der Waals surface area contributed by atoms with Crippen molar-refractivity contribution in [2.75, 3.05) is 11.9 Å². The molecule has 0 radical (unpaired) electrons. The van der Waals surface area contributed by atoms with Crippen LogP contribution in [0.4, 0.5) is 5.69 Å². The number of ether oxygens (including phenoxy) is 1. The zero-order chi connectivity index (χ0) is 15.9. The number of nitrogens with one attached hydrogen (secondary N) is 1. The highest BCUT2D eigenvalue weighted by Gasteiger charge is 2.03. The predicted octanol–water partition coefficient (Wildman–Crippen LogP) is 4.53. The fourth-order valence-electron chi connectivity index (χ4n) is 1.91. The van der Waals surface area contributed by atoms with Gasteiger partial charge in [-0.3, -0.25) is 4.79 Å². The Kier molecular flexibility index (Phi) is 5.61. The molecule has 0 aliphatic rings. The number of carbonyl (C=O) groups excluding carboxylic acids is 1. The van der Waals surface area contributed by atoms with E-state index >= 15 is 0 Å². The van der Waals surface area contributed by atoms with Gasteiger partial charge < -0.3 is 10.1 Å². The van der Waals surface area contributed by atoms with Gasteiger partial charge in [-0.1, -0.05) is 29.8 Å². The monoisotopic (exact) mass is 315 g/mol. The SMILES string of the molecule is Cc1cc(OC/C=C/C(=O)Nc2ccccc2)c(C)cc1Cl. The summed E-state index contributed by atoms with van der Waals surface area (Å²) in [5.74, 6) is 0.592. The lowest BCUT2D eigenvalue weighted by Crippen LogP contribution is -2.08. The Morgan fingerprint density at radius 2 is 1.91 bits per heavy atom. The van der Waals surface area contributed by atoms with E-state index in [1.54, 1.807) is 6.08 Å². The van der Waals surface area contributed by atoms with E-state index in [2.05, 4.69) is 5.32 Å². The van der Waals surface area contributed by atoms with Gasteiger partial charge >= 0.3 is 0 Å². The third kappa shape index (κ3) is 4.64. The molecule has 2 aromatic rings. The molecule has 0 aliphatic heterocycles. The number of aryl methyl sites for hydroxylation is 2. The van der Waals surface area contributed by atoms with Gasteiger partial charge in [0, 0.05) is 16.8 Å². The van der Waals surface area contributed by atoms with Crippen LogP contribution in [0.5, 0.6) is 5.75 Å². The second kappa shape index (κ2) is 7.66. The second-order valence-electron chi connectivity index (χ2n) is 4.94. The first-order valence-electron chi connectivity index (χ1n) is 6.98. The summed E-state index contributed by atoms with van der Waals surface area (Å²) in [5, 5.41) is 3.49. The molecule has 22 heavy (non-hydrogen) atoms. The van der Waals surface area contributed by atoms with Crippen LogP contribution >= 0.6 is 11.6 Å². The summed E-state index contributed by atoms with van der Waals surface area (Å²) >= 11 is 6.04. The van der Waals surface area contributed by atoms with E-state index in [4.69, 9.17) is 16.3 Å². The Hall–Kier alpha value is -2.26. The molecule has 0 fully saturated rings. The molecular formula is C18H18ClNO2. The van der Waals surface area contributed by atoms with Crippen molar-refractivity contribution >= 4 is 23.2 Å². The van der Waals surface area contributed by atoms with Gasteiger partial charge in [-0.15, -0.1) is 0 Å². The topological polar surface area (TPSA) is 38.3 Å². The Balaban J connectivity index is 1.85. The molecule has 1 amide bonds. The van der Waals surface area contributed by atoms with Crippen LogP contribution in [0, 0.1) is 13.8 Å². The van der Waals surface area contributed by atoms with Crippen molar-refractivity contribution in [2.45, 2.75) is 13.8 Å². The van der Waals surface area contributed by atoms with Crippen LogP contribution in [-0.4, -0.2) is 12.5 Å². The molecule has 2 aromatic carbocycles. The highest BCUT2D eigenvalue weighted by Crippen LogP contribution is 2.25. The third-order valence-electron chi connectivity index (χ3n) is 3.10. The lowest BCUT2D eigenvalue weighted by atomic mass is 10.1. The fraction of sp³-hybridized carbons (Fsp3) is 0.167. The van der Waals surface area contributed by atoms with E-state index in [-0.39, 0.29) is 5.91 Å². The average molecular weight is 316 g/mol. The molecule has 2 rings (SSSR count). The van der Waals surface area contributed by atoms with Crippen LogP contribution in [-0.2, 0) is 4.79 Å². The average Bonchev–Trinajstić information content (AvgIpc) is 2.49. The second-order valence-corrected chi connectivity index (χ2v) is 5.34. The van der Waals surface area contributed by atoms with Crippen LogP contribution in [0.2, 0.25) is 5.02 Å². The molecule has 0 spiro atoms. The van der Waals surface area contributed by atoms with Crippen molar-refractivity contribution in [3.63, 3.8) is 0 Å². The van der Waals surface area contributed by atoms with Gasteiger partial charge in [0.1, 0.15) is 12.4 Å². The van der Waals surface area contributed by atoms with E-state index in [1.807, 2.05) is 56.3 Å². The van der Waals surface area contributed by atoms with Gasteiger partial charge in [0.25, 0.3) is 0 Å². The van der Waals surface area contributed by atoms with Gasteiger partial charge in [-0.05, 0) is 55.3 Å². The maximum Gasteiger partial charge on any atom is 0.248 e. The van der Waals surface area contributed by atoms with Crippen molar-refractivity contribution in [3.8, 4) is 5.75 Å².